The summed E-state index contributed by atoms with van der Waals surface area (Å²) in [6.07, 6.45) is 6.12. The van der Waals surface area contributed by atoms with Crippen molar-refractivity contribution in [2.75, 3.05) is 0 Å². The number of hydrogen-bond acceptors (Lipinski definition) is 6. The van der Waals surface area contributed by atoms with Crippen molar-refractivity contribution < 1.29 is 34.1 Å². The molecule has 0 heterocycles. The maximum Gasteiger partial charge on any atom is 0.303 e. The molecule has 4 aliphatic carbocycles. The van der Waals surface area contributed by atoms with Crippen LogP contribution in [0.1, 0.15) is 71.6 Å². The van der Waals surface area contributed by atoms with Crippen LogP contribution in [0.4, 0.5) is 0 Å². The fourth-order valence-corrected chi connectivity index (χ4v) is 8.55. The van der Waals surface area contributed by atoms with Gasteiger partial charge >= 0.3 is 5.97 Å². The number of carboxylic acids is 1. The number of carbonyl (C=O) groups is 3. The Kier molecular flexibility index (Phi) is 6.85. The lowest BCUT2D eigenvalue weighted by molar-refractivity contribution is -0.197. The maximum absolute atomic E-state index is 11.5. The Morgan fingerprint density at radius 3 is 2.41 bits per heavy atom. The maximum atomic E-state index is 11.5. The van der Waals surface area contributed by atoms with Crippen molar-refractivity contribution in [2.45, 2.75) is 89.9 Å². The van der Waals surface area contributed by atoms with Crippen LogP contribution in [0.15, 0.2) is 0 Å². The van der Waals surface area contributed by atoms with Gasteiger partial charge in [0.05, 0.1) is 6.10 Å². The number of ether oxygens (including phenoxy) is 2. The third-order valence-electron chi connectivity index (χ3n) is 10.0. The van der Waals surface area contributed by atoms with Gasteiger partial charge in [0.1, 0.15) is 12.2 Å². The Labute approximate surface area is 190 Å². The minimum absolute atomic E-state index is 0.0368. The highest BCUT2D eigenvalue weighted by molar-refractivity contribution is 5.66. The van der Waals surface area contributed by atoms with Gasteiger partial charge < -0.3 is 19.7 Å². The summed E-state index contributed by atoms with van der Waals surface area (Å²) in [4.78, 5) is 34.0. The zero-order chi connectivity index (χ0) is 23.0. The van der Waals surface area contributed by atoms with Gasteiger partial charge in [-0.1, -0.05) is 13.8 Å². The van der Waals surface area contributed by atoms with E-state index in [-0.39, 0.29) is 59.7 Å². The van der Waals surface area contributed by atoms with Crippen LogP contribution in [-0.2, 0) is 23.9 Å². The van der Waals surface area contributed by atoms with E-state index in [4.69, 9.17) is 14.6 Å². The van der Waals surface area contributed by atoms with Crippen LogP contribution in [0.25, 0.3) is 0 Å². The monoisotopic (exact) mass is 450 g/mol. The summed E-state index contributed by atoms with van der Waals surface area (Å²) in [6, 6.07) is 0. The Balaban J connectivity index is 1.65. The van der Waals surface area contributed by atoms with Gasteiger partial charge in [0.25, 0.3) is 12.9 Å². The molecular formula is C25H38O7. The van der Waals surface area contributed by atoms with Crippen LogP contribution >= 0.6 is 0 Å². The first-order valence-corrected chi connectivity index (χ1v) is 12.4. The second-order valence-corrected chi connectivity index (χ2v) is 11.2. The molecule has 4 rings (SSSR count). The lowest BCUT2D eigenvalue weighted by Crippen LogP contribution is -2.60. The molecule has 0 spiro atoms. The van der Waals surface area contributed by atoms with E-state index in [1.54, 1.807) is 0 Å². The molecule has 3 unspecified atom stereocenters. The van der Waals surface area contributed by atoms with Crippen LogP contribution in [-0.4, -0.2) is 47.4 Å². The average molecular weight is 451 g/mol. The number of aliphatic hydroxyl groups is 1. The molecule has 0 bridgehead atoms. The van der Waals surface area contributed by atoms with Crippen molar-refractivity contribution >= 4 is 18.9 Å². The first-order chi connectivity index (χ1) is 15.3. The summed E-state index contributed by atoms with van der Waals surface area (Å²) in [5.74, 6) is 1.03. The zero-order valence-corrected chi connectivity index (χ0v) is 19.2. The second kappa shape index (κ2) is 9.32. The summed E-state index contributed by atoms with van der Waals surface area (Å²) in [7, 11) is 0. The number of rotatable bonds is 8. The second-order valence-electron chi connectivity index (χ2n) is 11.2. The molecule has 32 heavy (non-hydrogen) atoms. The van der Waals surface area contributed by atoms with E-state index >= 15 is 0 Å². The molecule has 0 radical (unpaired) electrons. The molecule has 7 nitrogen and oxygen atoms in total. The molecule has 7 heteroatoms. The summed E-state index contributed by atoms with van der Waals surface area (Å²) < 4.78 is 11.4. The van der Waals surface area contributed by atoms with Gasteiger partial charge in [-0.25, -0.2) is 0 Å². The molecule has 4 aliphatic rings. The summed E-state index contributed by atoms with van der Waals surface area (Å²) in [5, 5.41) is 19.5. The lowest BCUT2D eigenvalue weighted by atomic mass is 9.45. The molecular weight excluding hydrogens is 412 g/mol. The lowest BCUT2D eigenvalue weighted by Gasteiger charge is -2.61. The molecule has 0 aromatic heterocycles. The van der Waals surface area contributed by atoms with Gasteiger partial charge in [0.15, 0.2) is 0 Å². The predicted molar refractivity (Wildman–Crippen MR) is 115 cm³/mol. The van der Waals surface area contributed by atoms with Gasteiger partial charge in [-0.15, -0.1) is 0 Å². The molecule has 0 saturated heterocycles. The molecule has 4 fully saturated rings. The number of aliphatic carboxylic acids is 1. The topological polar surface area (TPSA) is 110 Å². The molecule has 0 aromatic rings. The molecule has 180 valence electrons. The molecule has 0 aliphatic heterocycles. The van der Waals surface area contributed by atoms with Crippen molar-refractivity contribution in [1.29, 1.82) is 0 Å². The molecule has 2 N–H and O–H groups in total. The number of fused-ring (bicyclic) bond motifs is 5. The largest absolute Gasteiger partial charge is 0.481 e. The highest BCUT2D eigenvalue weighted by atomic mass is 16.5. The minimum Gasteiger partial charge on any atom is -0.481 e. The van der Waals surface area contributed by atoms with Gasteiger partial charge in [0.2, 0.25) is 0 Å². The van der Waals surface area contributed by atoms with Crippen molar-refractivity contribution in [1.82, 2.24) is 0 Å². The summed E-state index contributed by atoms with van der Waals surface area (Å²) in [6.45, 7) is 5.61. The zero-order valence-electron chi connectivity index (χ0n) is 19.2. The van der Waals surface area contributed by atoms with E-state index in [1.807, 2.05) is 0 Å². The Morgan fingerprint density at radius 1 is 1.06 bits per heavy atom. The SMILES string of the molecule is C[C@H](CCC(=O)O)C1CC[C@@H]2C1C(OC=O)C[C@H]1[C@H]2[C@H](OC=O)C[C@@H]2C[C@H](O)CC[C@@]21C. The standard InChI is InChI=1S/C25H38O7/c1-14(3-6-22(29)30)17-4-5-18-23(17)21(32-13-27)11-19-24(18)20(31-12-26)10-15-9-16(28)7-8-25(15,19)2/h12-21,23-24,28H,3-11H2,1-2H3,(H,29,30)/t14-,15+,16-,17?,18-,19+,20-,21?,23?,24+,25+/m1/s1. The number of aliphatic hydroxyl groups excluding tert-OH is 1. The van der Waals surface area contributed by atoms with Crippen LogP contribution < -0.4 is 0 Å². The fourth-order valence-electron chi connectivity index (χ4n) is 8.55. The number of carbonyl (C=O) groups excluding carboxylic acids is 2. The van der Waals surface area contributed by atoms with Gasteiger partial charge in [0, 0.05) is 18.3 Å². The van der Waals surface area contributed by atoms with Crippen LogP contribution in [0.5, 0.6) is 0 Å². The quantitative estimate of drug-likeness (QED) is 0.545. The smallest absolute Gasteiger partial charge is 0.303 e. The fraction of sp³-hybridized carbons (Fsp3) is 0.880. The summed E-state index contributed by atoms with van der Waals surface area (Å²) in [5.41, 5.74) is 0.0368. The number of hydrogen-bond donors (Lipinski definition) is 2. The highest BCUT2D eigenvalue weighted by Gasteiger charge is 2.63. The summed E-state index contributed by atoms with van der Waals surface area (Å²) >= 11 is 0. The Morgan fingerprint density at radius 2 is 1.75 bits per heavy atom. The van der Waals surface area contributed by atoms with Crippen LogP contribution in [0.2, 0.25) is 0 Å². The number of carboxylic acid groups (broad SMARTS) is 1. The van der Waals surface area contributed by atoms with E-state index < -0.39 is 5.97 Å². The third kappa shape index (κ3) is 4.06. The molecule has 4 saturated carbocycles. The normalized spacial score (nSPS) is 46.2. The van der Waals surface area contributed by atoms with E-state index in [0.717, 1.165) is 44.9 Å². The first kappa shape index (κ1) is 23.5. The van der Waals surface area contributed by atoms with E-state index in [0.29, 0.717) is 31.2 Å². The average Bonchev–Trinajstić information content (AvgIpc) is 3.19. The van der Waals surface area contributed by atoms with Crippen molar-refractivity contribution in [3.63, 3.8) is 0 Å². The van der Waals surface area contributed by atoms with E-state index in [9.17, 15) is 19.5 Å². The van der Waals surface area contributed by atoms with Crippen LogP contribution in [0, 0.1) is 46.8 Å². The van der Waals surface area contributed by atoms with Gasteiger partial charge in [-0.2, -0.15) is 0 Å². The van der Waals surface area contributed by atoms with Crippen molar-refractivity contribution in [3.8, 4) is 0 Å². The van der Waals surface area contributed by atoms with E-state index in [2.05, 4.69) is 13.8 Å². The first-order valence-electron chi connectivity index (χ1n) is 12.4. The van der Waals surface area contributed by atoms with E-state index in [1.165, 1.54) is 0 Å². The molecule has 0 amide bonds. The van der Waals surface area contributed by atoms with Gasteiger partial charge in [-0.05, 0) is 86.4 Å². The molecule has 11 atom stereocenters. The van der Waals surface area contributed by atoms with Crippen molar-refractivity contribution in [3.05, 3.63) is 0 Å². The van der Waals surface area contributed by atoms with Crippen LogP contribution in [0.3, 0.4) is 0 Å². The third-order valence-corrected chi connectivity index (χ3v) is 10.0. The van der Waals surface area contributed by atoms with Gasteiger partial charge in [-0.3, -0.25) is 14.4 Å². The Bertz CT molecular complexity index is 710. The minimum atomic E-state index is -0.777. The Hall–Kier alpha value is -1.63. The predicted octanol–water partition coefficient (Wildman–Crippen LogP) is 3.42. The highest BCUT2D eigenvalue weighted by Crippen LogP contribution is 2.65. The molecule has 0 aromatic carbocycles. The van der Waals surface area contributed by atoms with Crippen molar-refractivity contribution in [2.24, 2.45) is 46.8 Å².